The molecule has 106 valence electrons. The Morgan fingerprint density at radius 3 is 2.47 bits per heavy atom. The summed E-state index contributed by atoms with van der Waals surface area (Å²) in [6.07, 6.45) is 0.636. The number of nitrogens with two attached hydrogens (primary N) is 1. The van der Waals surface area contributed by atoms with E-state index in [0.29, 0.717) is 22.9 Å². The van der Waals surface area contributed by atoms with Crippen molar-refractivity contribution < 1.29 is 8.78 Å². The average Bonchev–Trinajstić information content (AvgIpc) is 2.37. The fourth-order valence-electron chi connectivity index (χ4n) is 2.64. The van der Waals surface area contributed by atoms with Crippen molar-refractivity contribution in [1.82, 2.24) is 5.43 Å². The molecule has 0 saturated heterocycles. The van der Waals surface area contributed by atoms with Gasteiger partial charge in [-0.15, -0.1) is 0 Å². The first-order valence-corrected chi connectivity index (χ1v) is 6.98. The third-order valence-corrected chi connectivity index (χ3v) is 4.56. The Hall–Kier alpha value is -0.420. The van der Waals surface area contributed by atoms with E-state index in [0.717, 1.165) is 5.56 Å². The number of alkyl halides is 2. The van der Waals surface area contributed by atoms with Gasteiger partial charge in [-0.1, -0.05) is 35.3 Å². The standard InChI is InChI=1S/C13H16Cl2F2N2/c14-10-3-1-2-9(11(10)15)12(19-18)8-4-6-13(16,17)7-5-8/h1-3,8,12,19H,4-7,18H2. The van der Waals surface area contributed by atoms with Gasteiger partial charge in [0.2, 0.25) is 5.92 Å². The molecule has 1 aliphatic rings. The number of halogens is 4. The summed E-state index contributed by atoms with van der Waals surface area (Å²) in [6, 6.07) is 5.05. The Bertz CT molecular complexity index is 444. The van der Waals surface area contributed by atoms with E-state index in [9.17, 15) is 8.78 Å². The van der Waals surface area contributed by atoms with Crippen LogP contribution >= 0.6 is 23.2 Å². The molecule has 19 heavy (non-hydrogen) atoms. The third-order valence-electron chi connectivity index (χ3n) is 3.73. The molecule has 1 unspecified atom stereocenters. The lowest BCUT2D eigenvalue weighted by Gasteiger charge is -2.34. The van der Waals surface area contributed by atoms with Gasteiger partial charge in [-0.25, -0.2) is 8.78 Å². The minimum atomic E-state index is -2.55. The number of hydrogen-bond donors (Lipinski definition) is 2. The molecule has 2 nitrogen and oxygen atoms in total. The van der Waals surface area contributed by atoms with Gasteiger partial charge < -0.3 is 0 Å². The number of rotatable bonds is 3. The fraction of sp³-hybridized carbons (Fsp3) is 0.538. The molecular weight excluding hydrogens is 293 g/mol. The van der Waals surface area contributed by atoms with Crippen molar-refractivity contribution in [2.75, 3.05) is 0 Å². The predicted molar refractivity (Wildman–Crippen MR) is 73.4 cm³/mol. The van der Waals surface area contributed by atoms with Crippen LogP contribution in [0.3, 0.4) is 0 Å². The summed E-state index contributed by atoms with van der Waals surface area (Å²) >= 11 is 12.1. The van der Waals surface area contributed by atoms with Crippen molar-refractivity contribution in [2.24, 2.45) is 11.8 Å². The Kier molecular flexibility index (Phi) is 4.66. The molecule has 1 fully saturated rings. The van der Waals surface area contributed by atoms with Crippen LogP contribution in [0.1, 0.15) is 37.3 Å². The first-order valence-electron chi connectivity index (χ1n) is 6.22. The van der Waals surface area contributed by atoms with Crippen molar-refractivity contribution in [3.63, 3.8) is 0 Å². The lowest BCUT2D eigenvalue weighted by Crippen LogP contribution is -2.37. The molecule has 0 bridgehead atoms. The highest BCUT2D eigenvalue weighted by atomic mass is 35.5. The van der Waals surface area contributed by atoms with Crippen molar-refractivity contribution in [2.45, 2.75) is 37.6 Å². The molecule has 1 saturated carbocycles. The predicted octanol–water partition coefficient (Wildman–Crippen LogP) is 4.32. The molecule has 2 rings (SSSR count). The van der Waals surface area contributed by atoms with Crippen LogP contribution in [0.5, 0.6) is 0 Å². The summed E-state index contributed by atoms with van der Waals surface area (Å²) in [5, 5.41) is 0.880. The van der Waals surface area contributed by atoms with E-state index >= 15 is 0 Å². The van der Waals surface area contributed by atoms with Crippen LogP contribution in [-0.4, -0.2) is 5.92 Å². The van der Waals surface area contributed by atoms with Crippen LogP contribution in [0.2, 0.25) is 10.0 Å². The maximum absolute atomic E-state index is 13.2. The van der Waals surface area contributed by atoms with Crippen LogP contribution in [0.25, 0.3) is 0 Å². The Morgan fingerprint density at radius 2 is 1.89 bits per heavy atom. The van der Waals surface area contributed by atoms with Crippen molar-refractivity contribution in [1.29, 1.82) is 0 Å². The Labute approximate surface area is 121 Å². The van der Waals surface area contributed by atoms with Crippen molar-refractivity contribution in [3.8, 4) is 0 Å². The van der Waals surface area contributed by atoms with E-state index in [2.05, 4.69) is 5.43 Å². The van der Waals surface area contributed by atoms with Crippen molar-refractivity contribution in [3.05, 3.63) is 33.8 Å². The Morgan fingerprint density at radius 1 is 1.26 bits per heavy atom. The summed E-state index contributed by atoms with van der Waals surface area (Å²) in [5.74, 6) is 3.08. The van der Waals surface area contributed by atoms with Crippen LogP contribution in [-0.2, 0) is 0 Å². The summed E-state index contributed by atoms with van der Waals surface area (Å²) < 4.78 is 26.4. The molecule has 1 aromatic carbocycles. The topological polar surface area (TPSA) is 38.0 Å². The first-order chi connectivity index (χ1) is 8.94. The third kappa shape index (κ3) is 3.37. The number of benzene rings is 1. The molecule has 1 aliphatic carbocycles. The van der Waals surface area contributed by atoms with Gasteiger partial charge in [0.15, 0.2) is 0 Å². The molecular formula is C13H16Cl2F2N2. The van der Waals surface area contributed by atoms with E-state index in [4.69, 9.17) is 29.0 Å². The van der Waals surface area contributed by atoms with Gasteiger partial charge in [0.1, 0.15) is 0 Å². The molecule has 0 heterocycles. The second-order valence-electron chi connectivity index (χ2n) is 4.98. The molecule has 0 amide bonds. The quantitative estimate of drug-likeness (QED) is 0.644. The maximum atomic E-state index is 13.2. The van der Waals surface area contributed by atoms with Gasteiger partial charge in [0.25, 0.3) is 0 Å². The SMILES string of the molecule is NNC(c1cccc(Cl)c1Cl)C1CCC(F)(F)CC1. The molecule has 1 aromatic rings. The second kappa shape index (κ2) is 5.92. The molecule has 0 spiro atoms. The normalized spacial score (nSPS) is 21.3. The highest BCUT2D eigenvalue weighted by molar-refractivity contribution is 6.42. The lowest BCUT2D eigenvalue weighted by atomic mass is 9.80. The fourth-order valence-corrected chi connectivity index (χ4v) is 3.06. The summed E-state index contributed by atoms with van der Waals surface area (Å²) in [7, 11) is 0. The Balaban J connectivity index is 2.19. The minimum absolute atomic E-state index is 0.0422. The first kappa shape index (κ1) is 15.0. The van der Waals surface area contributed by atoms with E-state index < -0.39 is 5.92 Å². The zero-order chi connectivity index (χ0) is 14.0. The second-order valence-corrected chi connectivity index (χ2v) is 5.77. The molecule has 0 aromatic heterocycles. The smallest absolute Gasteiger partial charge is 0.248 e. The highest BCUT2D eigenvalue weighted by Gasteiger charge is 2.38. The summed E-state index contributed by atoms with van der Waals surface area (Å²) in [5.41, 5.74) is 3.47. The molecule has 6 heteroatoms. The van der Waals surface area contributed by atoms with Crippen LogP contribution < -0.4 is 11.3 Å². The van der Waals surface area contributed by atoms with Gasteiger partial charge in [0, 0.05) is 12.8 Å². The van der Waals surface area contributed by atoms with Gasteiger partial charge in [-0.2, -0.15) is 0 Å². The van der Waals surface area contributed by atoms with Crippen molar-refractivity contribution >= 4 is 23.2 Å². The lowest BCUT2D eigenvalue weighted by molar-refractivity contribution is -0.0497. The monoisotopic (exact) mass is 308 g/mol. The van der Waals surface area contributed by atoms with Crippen LogP contribution in [0.4, 0.5) is 8.78 Å². The maximum Gasteiger partial charge on any atom is 0.248 e. The van der Waals surface area contributed by atoms with Gasteiger partial charge >= 0.3 is 0 Å². The number of hydrogen-bond acceptors (Lipinski definition) is 2. The summed E-state index contributed by atoms with van der Waals surface area (Å²) in [4.78, 5) is 0. The van der Waals surface area contributed by atoms with E-state index in [1.54, 1.807) is 12.1 Å². The highest BCUT2D eigenvalue weighted by Crippen LogP contribution is 2.43. The van der Waals surface area contributed by atoms with E-state index in [1.807, 2.05) is 6.07 Å². The summed E-state index contributed by atoms with van der Waals surface area (Å²) in [6.45, 7) is 0. The molecule has 0 radical (unpaired) electrons. The van der Waals surface area contributed by atoms with E-state index in [1.165, 1.54) is 0 Å². The zero-order valence-electron chi connectivity index (χ0n) is 10.3. The van der Waals surface area contributed by atoms with E-state index in [-0.39, 0.29) is 24.8 Å². The molecule has 0 aliphatic heterocycles. The minimum Gasteiger partial charge on any atom is -0.271 e. The largest absolute Gasteiger partial charge is 0.271 e. The van der Waals surface area contributed by atoms with Gasteiger partial charge in [0.05, 0.1) is 16.1 Å². The zero-order valence-corrected chi connectivity index (χ0v) is 11.8. The van der Waals surface area contributed by atoms with Crippen LogP contribution in [0, 0.1) is 5.92 Å². The molecule has 1 atom stereocenters. The van der Waals surface area contributed by atoms with Gasteiger partial charge in [-0.3, -0.25) is 11.3 Å². The molecule has 3 N–H and O–H groups in total. The number of hydrazine groups is 1. The average molecular weight is 309 g/mol. The van der Waals surface area contributed by atoms with Crippen LogP contribution in [0.15, 0.2) is 18.2 Å². The number of nitrogens with one attached hydrogen (secondary N) is 1. The van der Waals surface area contributed by atoms with Gasteiger partial charge in [-0.05, 0) is 30.4 Å².